The average molecular weight is 233 g/mol. The molecule has 0 atom stereocenters. The number of hydrogen-bond acceptors (Lipinski definition) is 4. The molecule has 0 spiro atoms. The van der Waals surface area contributed by atoms with Crippen molar-refractivity contribution < 1.29 is 4.92 Å². The molecule has 4 nitrogen and oxygen atoms in total. The van der Waals surface area contributed by atoms with Crippen molar-refractivity contribution in [3.05, 3.63) is 27.4 Å². The summed E-state index contributed by atoms with van der Waals surface area (Å²) in [5.74, 6) is 0.800. The van der Waals surface area contributed by atoms with Crippen LogP contribution in [0.15, 0.2) is 17.2 Å². The lowest BCUT2D eigenvalue weighted by Gasteiger charge is -2.00. The second-order valence-electron chi connectivity index (χ2n) is 2.56. The van der Waals surface area contributed by atoms with Gasteiger partial charge in [-0.25, -0.2) is 4.98 Å². The highest BCUT2D eigenvalue weighted by Crippen LogP contribution is 2.28. The van der Waals surface area contributed by atoms with Crippen LogP contribution in [0.3, 0.4) is 0 Å². The third-order valence-electron chi connectivity index (χ3n) is 1.45. The van der Waals surface area contributed by atoms with Gasteiger partial charge >= 0.3 is 5.69 Å². The highest BCUT2D eigenvalue weighted by molar-refractivity contribution is 7.99. The molecule has 0 saturated heterocycles. The van der Waals surface area contributed by atoms with Crippen molar-refractivity contribution in [3.8, 4) is 0 Å². The van der Waals surface area contributed by atoms with Crippen molar-refractivity contribution in [2.75, 3.05) is 5.75 Å². The van der Waals surface area contributed by atoms with Gasteiger partial charge in [0.15, 0.2) is 5.03 Å². The molecule has 1 aromatic heterocycles. The standard InChI is InChI=1S/C8H9ClN2O2S/c1-2-5-14-8-6(11(12)13)3-4-7(9)10-8/h3-4H,2,5H2,1H3. The summed E-state index contributed by atoms with van der Waals surface area (Å²) in [7, 11) is 0. The lowest BCUT2D eigenvalue weighted by Crippen LogP contribution is -1.94. The zero-order valence-electron chi connectivity index (χ0n) is 7.57. The predicted octanol–water partition coefficient (Wildman–Crippen LogP) is 3.15. The van der Waals surface area contributed by atoms with E-state index in [1.807, 2.05) is 6.92 Å². The van der Waals surface area contributed by atoms with Gasteiger partial charge in [-0.1, -0.05) is 30.3 Å². The van der Waals surface area contributed by atoms with Gasteiger partial charge in [0.25, 0.3) is 0 Å². The van der Waals surface area contributed by atoms with Crippen LogP contribution in [0.25, 0.3) is 0 Å². The van der Waals surface area contributed by atoms with E-state index in [0.717, 1.165) is 12.2 Å². The van der Waals surface area contributed by atoms with E-state index >= 15 is 0 Å². The zero-order chi connectivity index (χ0) is 10.6. The summed E-state index contributed by atoms with van der Waals surface area (Å²) in [4.78, 5) is 14.1. The van der Waals surface area contributed by atoms with Gasteiger partial charge in [0.2, 0.25) is 0 Å². The molecule has 0 fully saturated rings. The Balaban J connectivity index is 2.97. The quantitative estimate of drug-likeness (QED) is 0.346. The molecule has 0 N–H and O–H groups in total. The Morgan fingerprint density at radius 1 is 1.64 bits per heavy atom. The summed E-state index contributed by atoms with van der Waals surface area (Å²) in [5, 5.41) is 11.3. The minimum Gasteiger partial charge on any atom is -0.258 e. The fourth-order valence-corrected chi connectivity index (χ4v) is 1.90. The van der Waals surface area contributed by atoms with Crippen LogP contribution in [0.5, 0.6) is 0 Å². The molecular weight excluding hydrogens is 224 g/mol. The Hall–Kier alpha value is -0.810. The lowest BCUT2D eigenvalue weighted by molar-refractivity contribution is -0.388. The van der Waals surface area contributed by atoms with E-state index in [1.165, 1.54) is 23.9 Å². The van der Waals surface area contributed by atoms with Gasteiger partial charge in [-0.05, 0) is 18.2 Å². The van der Waals surface area contributed by atoms with Crippen molar-refractivity contribution in [3.63, 3.8) is 0 Å². The summed E-state index contributed by atoms with van der Waals surface area (Å²) in [5.41, 5.74) is 0.0212. The molecule has 0 bridgehead atoms. The predicted molar refractivity (Wildman–Crippen MR) is 56.9 cm³/mol. The van der Waals surface area contributed by atoms with Crippen LogP contribution >= 0.6 is 23.4 Å². The number of nitrogens with zero attached hydrogens (tertiary/aromatic N) is 2. The fraction of sp³-hybridized carbons (Fsp3) is 0.375. The van der Waals surface area contributed by atoms with E-state index in [0.29, 0.717) is 5.03 Å². The Kier molecular flexibility index (Phi) is 4.16. The Labute approximate surface area is 90.8 Å². The van der Waals surface area contributed by atoms with Crippen molar-refractivity contribution in [2.45, 2.75) is 18.4 Å². The first kappa shape index (κ1) is 11.3. The topological polar surface area (TPSA) is 56.0 Å². The van der Waals surface area contributed by atoms with E-state index in [2.05, 4.69) is 4.98 Å². The van der Waals surface area contributed by atoms with Crippen LogP contribution < -0.4 is 0 Å². The number of aromatic nitrogens is 1. The van der Waals surface area contributed by atoms with Crippen LogP contribution in [0.4, 0.5) is 5.69 Å². The Bertz CT molecular complexity index is 346. The minimum absolute atomic E-state index is 0.0212. The van der Waals surface area contributed by atoms with Crippen LogP contribution in [-0.2, 0) is 0 Å². The molecule has 0 aliphatic heterocycles. The third kappa shape index (κ3) is 2.85. The van der Waals surface area contributed by atoms with Crippen molar-refractivity contribution in [1.82, 2.24) is 4.98 Å². The molecule has 0 aliphatic carbocycles. The van der Waals surface area contributed by atoms with Gasteiger partial charge in [-0.15, -0.1) is 0 Å². The molecule has 1 heterocycles. The number of nitro groups is 1. The maximum atomic E-state index is 10.6. The van der Waals surface area contributed by atoms with Gasteiger partial charge in [-0.2, -0.15) is 0 Å². The molecule has 1 rings (SSSR count). The van der Waals surface area contributed by atoms with E-state index in [4.69, 9.17) is 11.6 Å². The molecule has 0 amide bonds. The summed E-state index contributed by atoms with van der Waals surface area (Å²) in [6.07, 6.45) is 0.940. The summed E-state index contributed by atoms with van der Waals surface area (Å²) in [6, 6.07) is 2.81. The van der Waals surface area contributed by atoms with Gasteiger partial charge in [0.05, 0.1) is 4.92 Å². The van der Waals surface area contributed by atoms with E-state index in [9.17, 15) is 10.1 Å². The summed E-state index contributed by atoms with van der Waals surface area (Å²) < 4.78 is 0. The van der Waals surface area contributed by atoms with Gasteiger partial charge in [-0.3, -0.25) is 10.1 Å². The van der Waals surface area contributed by atoms with Crippen LogP contribution in [0, 0.1) is 10.1 Å². The maximum absolute atomic E-state index is 10.6. The van der Waals surface area contributed by atoms with E-state index < -0.39 is 4.92 Å². The fourth-order valence-electron chi connectivity index (χ4n) is 0.854. The second-order valence-corrected chi connectivity index (χ2v) is 4.03. The summed E-state index contributed by atoms with van der Waals surface area (Å²) >= 11 is 7.01. The lowest BCUT2D eigenvalue weighted by atomic mass is 10.4. The van der Waals surface area contributed by atoms with Crippen molar-refractivity contribution in [1.29, 1.82) is 0 Å². The molecule has 76 valence electrons. The van der Waals surface area contributed by atoms with Crippen LogP contribution in [-0.4, -0.2) is 15.7 Å². The minimum atomic E-state index is -0.443. The molecule has 0 saturated carbocycles. The van der Waals surface area contributed by atoms with Gasteiger partial charge in [0, 0.05) is 6.07 Å². The zero-order valence-corrected chi connectivity index (χ0v) is 9.14. The van der Waals surface area contributed by atoms with Gasteiger partial charge < -0.3 is 0 Å². The molecule has 0 aliphatic rings. The normalized spacial score (nSPS) is 10.1. The molecule has 6 heteroatoms. The van der Waals surface area contributed by atoms with Crippen molar-refractivity contribution in [2.24, 2.45) is 0 Å². The Morgan fingerprint density at radius 2 is 2.36 bits per heavy atom. The average Bonchev–Trinajstić information content (AvgIpc) is 2.14. The maximum Gasteiger partial charge on any atom is 0.301 e. The highest BCUT2D eigenvalue weighted by Gasteiger charge is 2.15. The number of pyridine rings is 1. The largest absolute Gasteiger partial charge is 0.301 e. The number of rotatable bonds is 4. The molecule has 0 aromatic carbocycles. The van der Waals surface area contributed by atoms with Crippen LogP contribution in [0.2, 0.25) is 5.15 Å². The second kappa shape index (κ2) is 5.17. The molecule has 14 heavy (non-hydrogen) atoms. The third-order valence-corrected chi connectivity index (χ3v) is 2.84. The number of thioether (sulfide) groups is 1. The first-order valence-electron chi connectivity index (χ1n) is 4.09. The van der Waals surface area contributed by atoms with Crippen molar-refractivity contribution >= 4 is 29.1 Å². The molecular formula is C8H9ClN2O2S. The Morgan fingerprint density at radius 3 is 2.93 bits per heavy atom. The molecule has 1 aromatic rings. The summed E-state index contributed by atoms with van der Waals surface area (Å²) in [6.45, 7) is 2.00. The number of hydrogen-bond donors (Lipinski definition) is 0. The van der Waals surface area contributed by atoms with E-state index in [-0.39, 0.29) is 10.8 Å². The molecule has 0 radical (unpaired) electrons. The smallest absolute Gasteiger partial charge is 0.258 e. The first-order valence-corrected chi connectivity index (χ1v) is 5.45. The SMILES string of the molecule is CCCSc1nc(Cl)ccc1[N+](=O)[O-]. The first-order chi connectivity index (χ1) is 6.65. The highest BCUT2D eigenvalue weighted by atomic mass is 35.5. The number of halogens is 1. The van der Waals surface area contributed by atoms with Gasteiger partial charge in [0.1, 0.15) is 5.15 Å². The van der Waals surface area contributed by atoms with Crippen LogP contribution in [0.1, 0.15) is 13.3 Å². The molecule has 0 unspecified atom stereocenters. The monoisotopic (exact) mass is 232 g/mol. The van der Waals surface area contributed by atoms with E-state index in [1.54, 1.807) is 0 Å².